The summed E-state index contributed by atoms with van der Waals surface area (Å²) in [5.41, 5.74) is 0. The third-order valence-corrected chi connectivity index (χ3v) is 2.83. The van der Waals surface area contributed by atoms with E-state index in [1.807, 2.05) is 0 Å². The molecule has 0 aliphatic heterocycles. The van der Waals surface area contributed by atoms with Gasteiger partial charge in [-0.05, 0) is 45.5 Å². The fraction of sp³-hybridized carbons (Fsp3) is 1.00. The first-order valence-corrected chi connectivity index (χ1v) is 5.66. The highest BCUT2D eigenvalue weighted by atomic mass is 32.1. The summed E-state index contributed by atoms with van der Waals surface area (Å²) in [5.74, 6) is 1.03. The van der Waals surface area contributed by atoms with Crippen LogP contribution in [0.15, 0.2) is 0 Å². The standard InChI is InChI=1S/C10H23NS/c1-4-10(2)11(3)8-6-5-7-9-12/h10,12H,4-9H2,1-3H3. The first-order chi connectivity index (χ1) is 5.72. The van der Waals surface area contributed by atoms with Gasteiger partial charge in [0.05, 0.1) is 0 Å². The number of hydrogen-bond donors (Lipinski definition) is 1. The zero-order valence-corrected chi connectivity index (χ0v) is 9.61. The zero-order valence-electron chi connectivity index (χ0n) is 8.71. The van der Waals surface area contributed by atoms with E-state index in [9.17, 15) is 0 Å². The SMILES string of the molecule is CCC(C)N(C)CCCCCS. The van der Waals surface area contributed by atoms with Gasteiger partial charge in [0.15, 0.2) is 0 Å². The molecule has 1 atom stereocenters. The topological polar surface area (TPSA) is 3.24 Å². The second kappa shape index (κ2) is 7.93. The van der Waals surface area contributed by atoms with Gasteiger partial charge >= 0.3 is 0 Å². The molecule has 0 rings (SSSR count). The maximum atomic E-state index is 4.19. The summed E-state index contributed by atoms with van der Waals surface area (Å²) in [5, 5.41) is 0. The van der Waals surface area contributed by atoms with Crippen molar-refractivity contribution in [3.05, 3.63) is 0 Å². The Hall–Kier alpha value is 0.310. The van der Waals surface area contributed by atoms with E-state index in [0.29, 0.717) is 0 Å². The molecule has 1 nitrogen and oxygen atoms in total. The molecule has 0 aromatic rings. The summed E-state index contributed by atoms with van der Waals surface area (Å²) in [7, 11) is 2.22. The van der Waals surface area contributed by atoms with Gasteiger partial charge in [-0.25, -0.2) is 0 Å². The minimum Gasteiger partial charge on any atom is -0.304 e. The molecular formula is C10H23NS. The van der Waals surface area contributed by atoms with Crippen LogP contribution >= 0.6 is 12.6 Å². The molecule has 0 aromatic heterocycles. The summed E-state index contributed by atoms with van der Waals surface area (Å²) in [4.78, 5) is 2.44. The van der Waals surface area contributed by atoms with Crippen molar-refractivity contribution < 1.29 is 0 Å². The van der Waals surface area contributed by atoms with Gasteiger partial charge in [0, 0.05) is 6.04 Å². The second-order valence-electron chi connectivity index (χ2n) is 3.52. The summed E-state index contributed by atoms with van der Waals surface area (Å²) in [6, 6.07) is 0.737. The van der Waals surface area contributed by atoms with Crippen LogP contribution in [0.1, 0.15) is 39.5 Å². The van der Waals surface area contributed by atoms with E-state index in [2.05, 4.69) is 38.4 Å². The molecule has 0 heterocycles. The van der Waals surface area contributed by atoms with Gasteiger partial charge in [0.2, 0.25) is 0 Å². The van der Waals surface area contributed by atoms with Crippen LogP contribution in [-0.4, -0.2) is 30.3 Å². The molecule has 0 saturated carbocycles. The molecule has 0 fully saturated rings. The zero-order chi connectivity index (χ0) is 9.40. The number of nitrogens with zero attached hydrogens (tertiary/aromatic N) is 1. The maximum Gasteiger partial charge on any atom is 0.00612 e. The fourth-order valence-electron chi connectivity index (χ4n) is 1.18. The molecule has 74 valence electrons. The van der Waals surface area contributed by atoms with Gasteiger partial charge in [0.1, 0.15) is 0 Å². The first kappa shape index (κ1) is 12.3. The molecule has 0 aliphatic carbocycles. The van der Waals surface area contributed by atoms with Crippen LogP contribution in [0.3, 0.4) is 0 Å². The molecule has 12 heavy (non-hydrogen) atoms. The van der Waals surface area contributed by atoms with Crippen LogP contribution in [0.25, 0.3) is 0 Å². The summed E-state index contributed by atoms with van der Waals surface area (Å²) >= 11 is 4.19. The van der Waals surface area contributed by atoms with Gasteiger partial charge in [-0.3, -0.25) is 0 Å². The Balaban J connectivity index is 3.24. The lowest BCUT2D eigenvalue weighted by Crippen LogP contribution is -2.29. The number of hydrogen-bond acceptors (Lipinski definition) is 2. The third kappa shape index (κ3) is 5.90. The van der Waals surface area contributed by atoms with E-state index in [4.69, 9.17) is 0 Å². The second-order valence-corrected chi connectivity index (χ2v) is 3.97. The van der Waals surface area contributed by atoms with E-state index < -0.39 is 0 Å². The number of thiol groups is 1. The average molecular weight is 189 g/mol. The van der Waals surface area contributed by atoms with E-state index in [0.717, 1.165) is 11.8 Å². The van der Waals surface area contributed by atoms with Crippen molar-refractivity contribution in [3.8, 4) is 0 Å². The average Bonchev–Trinajstić information content (AvgIpc) is 2.10. The Morgan fingerprint density at radius 3 is 2.42 bits per heavy atom. The highest BCUT2D eigenvalue weighted by Gasteiger charge is 2.04. The van der Waals surface area contributed by atoms with Crippen LogP contribution in [0.4, 0.5) is 0 Å². The molecule has 0 amide bonds. The van der Waals surface area contributed by atoms with Gasteiger partial charge in [-0.1, -0.05) is 13.3 Å². The highest BCUT2D eigenvalue weighted by molar-refractivity contribution is 7.80. The lowest BCUT2D eigenvalue weighted by molar-refractivity contribution is 0.247. The predicted molar refractivity (Wildman–Crippen MR) is 60.1 cm³/mol. The monoisotopic (exact) mass is 189 g/mol. The maximum absolute atomic E-state index is 4.19. The van der Waals surface area contributed by atoms with Crippen molar-refractivity contribution in [1.29, 1.82) is 0 Å². The number of rotatable bonds is 7. The quantitative estimate of drug-likeness (QED) is 0.476. The Kier molecular flexibility index (Phi) is 8.14. The summed E-state index contributed by atoms with van der Waals surface area (Å²) in [6.07, 6.45) is 5.16. The van der Waals surface area contributed by atoms with E-state index >= 15 is 0 Å². The van der Waals surface area contributed by atoms with Crippen LogP contribution in [0.2, 0.25) is 0 Å². The van der Waals surface area contributed by atoms with Gasteiger partial charge in [-0.2, -0.15) is 12.6 Å². The number of unbranched alkanes of at least 4 members (excludes halogenated alkanes) is 2. The van der Waals surface area contributed by atoms with Gasteiger partial charge in [-0.15, -0.1) is 0 Å². The molecule has 0 bridgehead atoms. The van der Waals surface area contributed by atoms with Crippen molar-refractivity contribution in [2.75, 3.05) is 19.3 Å². The van der Waals surface area contributed by atoms with Crippen LogP contribution in [0.5, 0.6) is 0 Å². The van der Waals surface area contributed by atoms with Crippen LogP contribution in [-0.2, 0) is 0 Å². The largest absolute Gasteiger partial charge is 0.304 e. The van der Waals surface area contributed by atoms with Gasteiger partial charge < -0.3 is 4.90 Å². The molecule has 0 radical (unpaired) electrons. The molecule has 0 N–H and O–H groups in total. The van der Waals surface area contributed by atoms with Crippen molar-refractivity contribution in [1.82, 2.24) is 4.90 Å². The Bertz CT molecular complexity index is 95.8. The molecule has 1 unspecified atom stereocenters. The molecule has 0 aliphatic rings. The third-order valence-electron chi connectivity index (χ3n) is 2.51. The normalized spacial score (nSPS) is 13.8. The Morgan fingerprint density at radius 2 is 1.92 bits per heavy atom. The highest BCUT2D eigenvalue weighted by Crippen LogP contribution is 2.03. The predicted octanol–water partition coefficient (Wildman–Crippen LogP) is 2.82. The first-order valence-electron chi connectivity index (χ1n) is 5.03. The van der Waals surface area contributed by atoms with Crippen molar-refractivity contribution in [3.63, 3.8) is 0 Å². The molecule has 0 aromatic carbocycles. The molecule has 0 saturated heterocycles. The van der Waals surface area contributed by atoms with Crippen molar-refractivity contribution in [2.24, 2.45) is 0 Å². The fourth-order valence-corrected chi connectivity index (χ4v) is 1.41. The lowest BCUT2D eigenvalue weighted by atomic mass is 10.2. The van der Waals surface area contributed by atoms with Crippen molar-refractivity contribution in [2.45, 2.75) is 45.6 Å². The van der Waals surface area contributed by atoms with E-state index in [1.165, 1.54) is 32.2 Å². The lowest BCUT2D eigenvalue weighted by Gasteiger charge is -2.23. The minimum absolute atomic E-state index is 0.737. The van der Waals surface area contributed by atoms with Gasteiger partial charge in [0.25, 0.3) is 0 Å². The van der Waals surface area contributed by atoms with E-state index in [1.54, 1.807) is 0 Å². The Labute approximate surface area is 82.9 Å². The van der Waals surface area contributed by atoms with E-state index in [-0.39, 0.29) is 0 Å². The molecule has 2 heteroatoms. The van der Waals surface area contributed by atoms with Crippen LogP contribution < -0.4 is 0 Å². The summed E-state index contributed by atoms with van der Waals surface area (Å²) < 4.78 is 0. The summed E-state index contributed by atoms with van der Waals surface area (Å²) in [6.45, 7) is 5.77. The Morgan fingerprint density at radius 1 is 1.25 bits per heavy atom. The molecular weight excluding hydrogens is 166 g/mol. The molecule has 0 spiro atoms. The minimum atomic E-state index is 0.737. The van der Waals surface area contributed by atoms with Crippen LogP contribution in [0, 0.1) is 0 Å². The smallest absolute Gasteiger partial charge is 0.00612 e. The van der Waals surface area contributed by atoms with Crippen molar-refractivity contribution >= 4 is 12.6 Å².